The van der Waals surface area contributed by atoms with E-state index in [4.69, 9.17) is 0 Å². The zero-order valence-corrected chi connectivity index (χ0v) is 18.8. The summed E-state index contributed by atoms with van der Waals surface area (Å²) in [5.74, 6) is -0.344. The number of benzene rings is 1. The lowest BCUT2D eigenvalue weighted by molar-refractivity contribution is -0.121. The first kappa shape index (κ1) is 21.7. The van der Waals surface area contributed by atoms with E-state index in [0.29, 0.717) is 0 Å². The molecular formula is C21H24N2O3S3. The highest BCUT2D eigenvalue weighted by molar-refractivity contribution is 7.91. The van der Waals surface area contributed by atoms with Crippen molar-refractivity contribution in [3.05, 3.63) is 75.3 Å². The molecule has 154 valence electrons. The Hall–Kier alpha value is -2.00. The molecule has 0 saturated carbocycles. The first-order chi connectivity index (χ1) is 13.9. The summed E-state index contributed by atoms with van der Waals surface area (Å²) in [5.41, 5.74) is 2.23. The Morgan fingerprint density at radius 1 is 1.07 bits per heavy atom. The molecule has 5 nitrogen and oxygen atoms in total. The summed E-state index contributed by atoms with van der Waals surface area (Å²) in [6, 6.07) is 15.1. The molecule has 3 rings (SSSR count). The molecule has 2 aromatic heterocycles. The van der Waals surface area contributed by atoms with Crippen LogP contribution in [0, 0.1) is 0 Å². The summed E-state index contributed by atoms with van der Waals surface area (Å²) >= 11 is 2.70. The SMILES string of the molecule is CCCc1ccc(C(NC(=O)CN(C)S(=O)(=O)c2cccs2)c2cccs2)cc1. The molecule has 1 unspecified atom stereocenters. The van der Waals surface area contributed by atoms with Gasteiger partial charge in [0, 0.05) is 11.9 Å². The second-order valence-electron chi connectivity index (χ2n) is 6.70. The van der Waals surface area contributed by atoms with Crippen molar-refractivity contribution in [1.29, 1.82) is 0 Å². The maximum atomic E-state index is 12.7. The first-order valence-corrected chi connectivity index (χ1v) is 12.5. The third kappa shape index (κ3) is 5.33. The number of hydrogen-bond acceptors (Lipinski definition) is 5. The van der Waals surface area contributed by atoms with Gasteiger partial charge in [0.25, 0.3) is 10.0 Å². The average Bonchev–Trinajstić information content (AvgIpc) is 3.41. The second kappa shape index (κ2) is 9.67. The number of nitrogens with one attached hydrogen (secondary N) is 1. The Bertz CT molecular complexity index is 1010. The van der Waals surface area contributed by atoms with Crippen molar-refractivity contribution in [3.8, 4) is 0 Å². The number of sulfonamides is 1. The summed E-state index contributed by atoms with van der Waals surface area (Å²) in [7, 11) is -2.24. The minimum absolute atomic E-state index is 0.231. The van der Waals surface area contributed by atoms with Crippen molar-refractivity contribution in [2.24, 2.45) is 0 Å². The molecule has 0 aliphatic rings. The van der Waals surface area contributed by atoms with Crippen LogP contribution >= 0.6 is 22.7 Å². The van der Waals surface area contributed by atoms with Crippen LogP contribution < -0.4 is 5.32 Å². The predicted octanol–water partition coefficient (Wildman–Crippen LogP) is 4.29. The van der Waals surface area contributed by atoms with Gasteiger partial charge in [-0.1, -0.05) is 49.7 Å². The molecule has 0 fully saturated rings. The van der Waals surface area contributed by atoms with Crippen LogP contribution in [0.3, 0.4) is 0 Å². The van der Waals surface area contributed by atoms with Crippen LogP contribution in [0.4, 0.5) is 0 Å². The van der Waals surface area contributed by atoms with Crippen molar-refractivity contribution < 1.29 is 13.2 Å². The maximum absolute atomic E-state index is 12.7. The molecule has 0 aliphatic heterocycles. The van der Waals surface area contributed by atoms with Crippen molar-refractivity contribution in [2.75, 3.05) is 13.6 Å². The zero-order valence-electron chi connectivity index (χ0n) is 16.4. The molecule has 1 N–H and O–H groups in total. The molecule has 3 aromatic rings. The topological polar surface area (TPSA) is 66.5 Å². The minimum atomic E-state index is -3.66. The molecule has 0 saturated heterocycles. The van der Waals surface area contributed by atoms with Gasteiger partial charge in [-0.3, -0.25) is 4.79 Å². The van der Waals surface area contributed by atoms with Gasteiger partial charge in [0.15, 0.2) is 0 Å². The van der Waals surface area contributed by atoms with Crippen LogP contribution in [-0.4, -0.2) is 32.2 Å². The Labute approximate surface area is 180 Å². The largest absolute Gasteiger partial charge is 0.343 e. The fourth-order valence-corrected chi connectivity index (χ4v) is 6.13. The molecule has 1 atom stereocenters. The van der Waals surface area contributed by atoms with Crippen LogP contribution in [0.2, 0.25) is 0 Å². The normalized spacial score (nSPS) is 12.8. The average molecular weight is 449 g/mol. The Morgan fingerprint density at radius 2 is 1.76 bits per heavy atom. The van der Waals surface area contributed by atoms with E-state index in [2.05, 4.69) is 24.4 Å². The number of nitrogens with zero attached hydrogens (tertiary/aromatic N) is 1. The number of carbonyl (C=O) groups is 1. The number of hydrogen-bond donors (Lipinski definition) is 1. The quantitative estimate of drug-likeness (QED) is 0.531. The van der Waals surface area contributed by atoms with Crippen LogP contribution in [0.15, 0.2) is 63.5 Å². The number of amides is 1. The van der Waals surface area contributed by atoms with E-state index in [-0.39, 0.29) is 22.7 Å². The number of likely N-dealkylation sites (N-methyl/N-ethyl adjacent to an activating group) is 1. The summed E-state index contributed by atoms with van der Waals surface area (Å²) in [5, 5.41) is 6.67. The van der Waals surface area contributed by atoms with Crippen LogP contribution in [-0.2, 0) is 21.2 Å². The molecule has 0 radical (unpaired) electrons. The highest BCUT2D eigenvalue weighted by Gasteiger charge is 2.25. The molecule has 8 heteroatoms. The lowest BCUT2D eigenvalue weighted by Crippen LogP contribution is -2.39. The van der Waals surface area contributed by atoms with E-state index in [9.17, 15) is 13.2 Å². The van der Waals surface area contributed by atoms with Crippen molar-refractivity contribution in [3.63, 3.8) is 0 Å². The minimum Gasteiger partial charge on any atom is -0.343 e. The highest BCUT2D eigenvalue weighted by atomic mass is 32.2. The second-order valence-corrected chi connectivity index (χ2v) is 10.9. The predicted molar refractivity (Wildman–Crippen MR) is 119 cm³/mol. The molecular weight excluding hydrogens is 424 g/mol. The first-order valence-electron chi connectivity index (χ1n) is 9.33. The third-order valence-electron chi connectivity index (χ3n) is 4.51. The van der Waals surface area contributed by atoms with E-state index in [1.807, 2.05) is 29.6 Å². The summed E-state index contributed by atoms with van der Waals surface area (Å²) in [4.78, 5) is 13.7. The number of rotatable bonds is 9. The van der Waals surface area contributed by atoms with E-state index in [1.54, 1.807) is 28.8 Å². The summed E-state index contributed by atoms with van der Waals surface area (Å²) in [6.07, 6.45) is 2.09. The Morgan fingerprint density at radius 3 is 2.34 bits per heavy atom. The smallest absolute Gasteiger partial charge is 0.252 e. The van der Waals surface area contributed by atoms with Gasteiger partial charge in [-0.05, 0) is 40.4 Å². The van der Waals surface area contributed by atoms with Crippen molar-refractivity contribution in [2.45, 2.75) is 30.0 Å². The van der Waals surface area contributed by atoms with Crippen LogP contribution in [0.25, 0.3) is 0 Å². The standard InChI is InChI=1S/C21H24N2O3S3/c1-3-6-16-9-11-17(12-10-16)21(18-7-4-13-27-18)22-19(24)15-23(2)29(25,26)20-8-5-14-28-20/h4-5,7-14,21H,3,6,15H2,1-2H3,(H,22,24). The number of aryl methyl sites for hydroxylation is 1. The lowest BCUT2D eigenvalue weighted by atomic mass is 10.0. The summed E-state index contributed by atoms with van der Waals surface area (Å²) < 4.78 is 26.5. The fraction of sp³-hybridized carbons (Fsp3) is 0.286. The van der Waals surface area contributed by atoms with Gasteiger partial charge < -0.3 is 5.32 Å². The van der Waals surface area contributed by atoms with E-state index >= 15 is 0 Å². The number of carbonyl (C=O) groups excluding carboxylic acids is 1. The van der Waals surface area contributed by atoms with Gasteiger partial charge in [-0.15, -0.1) is 22.7 Å². The molecule has 0 spiro atoms. The monoisotopic (exact) mass is 448 g/mol. The molecule has 0 bridgehead atoms. The third-order valence-corrected chi connectivity index (χ3v) is 8.62. The summed E-state index contributed by atoms with van der Waals surface area (Å²) in [6.45, 7) is 1.90. The fourth-order valence-electron chi connectivity index (χ4n) is 3.00. The van der Waals surface area contributed by atoms with E-state index in [0.717, 1.165) is 38.9 Å². The van der Waals surface area contributed by atoms with E-state index < -0.39 is 10.0 Å². The molecule has 29 heavy (non-hydrogen) atoms. The van der Waals surface area contributed by atoms with Crippen molar-refractivity contribution in [1.82, 2.24) is 9.62 Å². The maximum Gasteiger partial charge on any atom is 0.252 e. The van der Waals surface area contributed by atoms with Gasteiger partial charge in [0.1, 0.15) is 4.21 Å². The lowest BCUT2D eigenvalue weighted by Gasteiger charge is -2.21. The Kier molecular flexibility index (Phi) is 7.23. The van der Waals surface area contributed by atoms with Gasteiger partial charge in [-0.25, -0.2) is 8.42 Å². The molecule has 0 aliphatic carbocycles. The van der Waals surface area contributed by atoms with Gasteiger partial charge in [0.05, 0.1) is 12.6 Å². The zero-order chi connectivity index (χ0) is 20.9. The van der Waals surface area contributed by atoms with E-state index in [1.165, 1.54) is 12.6 Å². The van der Waals surface area contributed by atoms with Gasteiger partial charge in [0.2, 0.25) is 5.91 Å². The number of thiophene rings is 2. The molecule has 2 heterocycles. The van der Waals surface area contributed by atoms with Crippen LogP contribution in [0.5, 0.6) is 0 Å². The van der Waals surface area contributed by atoms with Crippen molar-refractivity contribution >= 4 is 38.6 Å². The highest BCUT2D eigenvalue weighted by Crippen LogP contribution is 2.27. The van der Waals surface area contributed by atoms with Crippen LogP contribution in [0.1, 0.15) is 35.4 Å². The molecule has 1 aromatic carbocycles. The molecule has 1 amide bonds. The van der Waals surface area contributed by atoms with Gasteiger partial charge >= 0.3 is 0 Å². The van der Waals surface area contributed by atoms with Gasteiger partial charge in [-0.2, -0.15) is 4.31 Å². The Balaban J connectivity index is 1.75.